The fourth-order valence-electron chi connectivity index (χ4n) is 4.17. The Morgan fingerprint density at radius 3 is 2.74 bits per heavy atom. The first-order valence-electron chi connectivity index (χ1n) is 10.2. The van der Waals surface area contributed by atoms with Crippen LogP contribution in [0.3, 0.4) is 0 Å². The summed E-state index contributed by atoms with van der Waals surface area (Å²) in [7, 11) is 2.03. The molecule has 0 aromatic carbocycles. The summed E-state index contributed by atoms with van der Waals surface area (Å²) in [5, 5.41) is 8.61. The summed E-state index contributed by atoms with van der Waals surface area (Å²) in [4.78, 5) is 5.07. The lowest BCUT2D eigenvalue weighted by molar-refractivity contribution is 0.0296. The van der Waals surface area contributed by atoms with Gasteiger partial charge in [-0.05, 0) is 51.4 Å². The number of hydrogen-bond acceptors (Lipinski definition) is 6. The largest absolute Gasteiger partial charge is 0.418 e. The fourth-order valence-corrected chi connectivity index (χ4v) is 4.17. The van der Waals surface area contributed by atoms with E-state index in [1.807, 2.05) is 13.1 Å². The molecule has 0 amide bonds. The molecule has 2 saturated heterocycles. The maximum atomic E-state index is 6.00. The molecule has 0 N–H and O–H groups in total. The molecule has 7 nitrogen and oxygen atoms in total. The average molecular weight is 374 g/mol. The third kappa shape index (κ3) is 4.42. The van der Waals surface area contributed by atoms with Crippen molar-refractivity contribution < 1.29 is 9.15 Å². The Hall–Kier alpha value is -1.70. The molecule has 27 heavy (non-hydrogen) atoms. The van der Waals surface area contributed by atoms with E-state index >= 15 is 0 Å². The number of aromatic nitrogens is 3. The smallest absolute Gasteiger partial charge is 0.264 e. The zero-order valence-corrected chi connectivity index (χ0v) is 16.6. The van der Waals surface area contributed by atoms with E-state index in [0.717, 1.165) is 57.5 Å². The van der Waals surface area contributed by atoms with Gasteiger partial charge in [-0.25, -0.2) is 0 Å². The van der Waals surface area contributed by atoms with Crippen LogP contribution in [-0.4, -0.2) is 70.0 Å². The van der Waals surface area contributed by atoms with Crippen LogP contribution in [0.1, 0.15) is 37.3 Å². The van der Waals surface area contributed by atoms with Gasteiger partial charge in [0.15, 0.2) is 0 Å². The van der Waals surface area contributed by atoms with Crippen molar-refractivity contribution in [2.45, 2.75) is 45.2 Å². The van der Waals surface area contributed by atoms with Crippen LogP contribution in [0.4, 0.5) is 0 Å². The van der Waals surface area contributed by atoms with Crippen LogP contribution >= 0.6 is 0 Å². The minimum atomic E-state index is 0.606. The Kier molecular flexibility index (Phi) is 5.90. The first-order valence-corrected chi connectivity index (χ1v) is 10.2. The lowest BCUT2D eigenvalue weighted by atomic mass is 9.99. The molecule has 2 fully saturated rings. The van der Waals surface area contributed by atoms with Crippen molar-refractivity contribution in [1.82, 2.24) is 24.6 Å². The van der Waals surface area contributed by atoms with Gasteiger partial charge in [-0.2, -0.15) is 0 Å². The highest BCUT2D eigenvalue weighted by Gasteiger charge is 2.25. The quantitative estimate of drug-likeness (QED) is 0.775. The van der Waals surface area contributed by atoms with Crippen LogP contribution in [-0.2, 0) is 18.3 Å². The van der Waals surface area contributed by atoms with Crippen LogP contribution in [0.25, 0.3) is 11.6 Å². The van der Waals surface area contributed by atoms with Gasteiger partial charge in [0, 0.05) is 31.9 Å². The van der Waals surface area contributed by atoms with Crippen molar-refractivity contribution in [3.8, 4) is 11.6 Å². The van der Waals surface area contributed by atoms with Gasteiger partial charge < -0.3 is 13.7 Å². The van der Waals surface area contributed by atoms with Gasteiger partial charge in [0.1, 0.15) is 5.69 Å². The number of nitrogens with zero attached hydrogens (tertiary/aromatic N) is 5. The van der Waals surface area contributed by atoms with Crippen molar-refractivity contribution in [2.24, 2.45) is 7.05 Å². The molecule has 1 atom stereocenters. The second-order valence-corrected chi connectivity index (χ2v) is 7.78. The minimum absolute atomic E-state index is 0.606. The number of likely N-dealkylation sites (tertiary alicyclic amines) is 1. The maximum absolute atomic E-state index is 6.00. The Bertz CT molecular complexity index is 735. The molecule has 4 heterocycles. The summed E-state index contributed by atoms with van der Waals surface area (Å²) in [6, 6.07) is 4.72. The lowest BCUT2D eigenvalue weighted by Crippen LogP contribution is -2.43. The van der Waals surface area contributed by atoms with Gasteiger partial charge in [0.2, 0.25) is 5.89 Å². The maximum Gasteiger partial charge on any atom is 0.264 e. The zero-order chi connectivity index (χ0) is 18.6. The van der Waals surface area contributed by atoms with E-state index < -0.39 is 0 Å². The van der Waals surface area contributed by atoms with Crippen LogP contribution in [0.2, 0.25) is 0 Å². The van der Waals surface area contributed by atoms with Crippen LogP contribution in [0, 0.1) is 6.92 Å². The van der Waals surface area contributed by atoms with E-state index in [1.54, 1.807) is 0 Å². The van der Waals surface area contributed by atoms with Gasteiger partial charge in [-0.3, -0.25) is 9.80 Å². The van der Waals surface area contributed by atoms with Crippen molar-refractivity contribution in [3.05, 3.63) is 23.7 Å². The normalized spacial score (nSPS) is 22.4. The number of piperidine rings is 1. The number of morpholine rings is 1. The zero-order valence-electron chi connectivity index (χ0n) is 16.6. The molecule has 0 saturated carbocycles. The highest BCUT2D eigenvalue weighted by atomic mass is 16.5. The molecular weight excluding hydrogens is 342 g/mol. The molecule has 7 heteroatoms. The SMILES string of the molecule is Cc1ccc(-c2nnc(CN3CCCC[C@@H]3CCN3CCOCC3)o2)n1C. The van der Waals surface area contributed by atoms with Crippen LogP contribution in [0.5, 0.6) is 0 Å². The van der Waals surface area contributed by atoms with Crippen LogP contribution in [0.15, 0.2) is 16.5 Å². The van der Waals surface area contributed by atoms with Crippen molar-refractivity contribution in [1.29, 1.82) is 0 Å². The molecule has 0 aliphatic carbocycles. The van der Waals surface area contributed by atoms with Gasteiger partial charge >= 0.3 is 0 Å². The van der Waals surface area contributed by atoms with E-state index in [0.29, 0.717) is 11.9 Å². The third-order valence-corrected chi connectivity index (χ3v) is 6.03. The minimum Gasteiger partial charge on any atom is -0.418 e. The fraction of sp³-hybridized carbons (Fsp3) is 0.700. The molecule has 0 radical (unpaired) electrons. The molecule has 4 rings (SSSR count). The van der Waals surface area contributed by atoms with Gasteiger partial charge in [-0.1, -0.05) is 6.42 Å². The highest BCUT2D eigenvalue weighted by Crippen LogP contribution is 2.24. The summed E-state index contributed by atoms with van der Waals surface area (Å²) in [5.41, 5.74) is 2.16. The Labute approximate surface area is 161 Å². The summed E-state index contributed by atoms with van der Waals surface area (Å²) < 4.78 is 13.5. The van der Waals surface area contributed by atoms with Crippen molar-refractivity contribution in [2.75, 3.05) is 39.4 Å². The Balaban J connectivity index is 1.37. The van der Waals surface area contributed by atoms with E-state index in [-0.39, 0.29) is 0 Å². The molecule has 2 aliphatic rings. The number of ether oxygens (including phenoxy) is 1. The highest BCUT2D eigenvalue weighted by molar-refractivity contribution is 5.48. The average Bonchev–Trinajstić information content (AvgIpc) is 3.29. The molecule has 0 bridgehead atoms. The van der Waals surface area contributed by atoms with Gasteiger partial charge in [0.05, 0.1) is 19.8 Å². The predicted octanol–water partition coefficient (Wildman–Crippen LogP) is 2.46. The van der Waals surface area contributed by atoms with E-state index in [4.69, 9.17) is 9.15 Å². The summed E-state index contributed by atoms with van der Waals surface area (Å²) in [5.74, 6) is 1.34. The Morgan fingerprint density at radius 2 is 1.96 bits per heavy atom. The molecule has 2 aromatic heterocycles. The number of aryl methyl sites for hydroxylation is 1. The lowest BCUT2D eigenvalue weighted by Gasteiger charge is -2.36. The molecule has 2 aromatic rings. The monoisotopic (exact) mass is 373 g/mol. The molecular formula is C20H31N5O2. The first kappa shape index (κ1) is 18.7. The standard InChI is InChI=1S/C20H31N5O2/c1-16-6-7-18(23(16)2)20-22-21-19(27-20)15-25-9-4-3-5-17(25)8-10-24-11-13-26-14-12-24/h6-7,17H,3-5,8-15H2,1-2H3/t17-/m1/s1. The second kappa shape index (κ2) is 8.54. The molecule has 148 valence electrons. The first-order chi connectivity index (χ1) is 13.2. The Morgan fingerprint density at radius 1 is 1.11 bits per heavy atom. The third-order valence-electron chi connectivity index (χ3n) is 6.03. The van der Waals surface area contributed by atoms with Crippen molar-refractivity contribution >= 4 is 0 Å². The van der Waals surface area contributed by atoms with Gasteiger partial charge in [0.25, 0.3) is 5.89 Å². The topological polar surface area (TPSA) is 59.6 Å². The van der Waals surface area contributed by atoms with Crippen LogP contribution < -0.4 is 0 Å². The van der Waals surface area contributed by atoms with E-state index in [1.165, 1.54) is 31.4 Å². The van der Waals surface area contributed by atoms with E-state index in [2.05, 4.69) is 37.6 Å². The number of rotatable bonds is 6. The summed E-state index contributed by atoms with van der Waals surface area (Å²) in [6.45, 7) is 8.98. The molecule has 2 aliphatic heterocycles. The van der Waals surface area contributed by atoms with Crippen molar-refractivity contribution in [3.63, 3.8) is 0 Å². The molecule has 0 spiro atoms. The summed E-state index contributed by atoms with van der Waals surface area (Å²) >= 11 is 0. The van der Waals surface area contributed by atoms with E-state index in [9.17, 15) is 0 Å². The summed E-state index contributed by atoms with van der Waals surface area (Å²) in [6.07, 6.45) is 5.05. The van der Waals surface area contributed by atoms with Gasteiger partial charge in [-0.15, -0.1) is 10.2 Å². The predicted molar refractivity (Wildman–Crippen MR) is 103 cm³/mol. The second-order valence-electron chi connectivity index (χ2n) is 7.78. The number of hydrogen-bond donors (Lipinski definition) is 0. The molecule has 0 unspecified atom stereocenters.